The first-order chi connectivity index (χ1) is 10.1. The quantitative estimate of drug-likeness (QED) is 0.705. The lowest BCUT2D eigenvalue weighted by atomic mass is 10.1. The molecule has 3 aromatic rings. The van der Waals surface area contributed by atoms with Crippen LogP contribution in [0.2, 0.25) is 0 Å². The van der Waals surface area contributed by atoms with Crippen molar-refractivity contribution >= 4 is 21.6 Å². The average Bonchev–Trinajstić information content (AvgIpc) is 2.94. The molecule has 2 aromatic carbocycles. The molecule has 1 heterocycles. The van der Waals surface area contributed by atoms with Gasteiger partial charge in [-0.2, -0.15) is 4.98 Å². The van der Waals surface area contributed by atoms with Gasteiger partial charge in [-0.25, -0.2) is 4.39 Å². The van der Waals surface area contributed by atoms with Gasteiger partial charge in [-0.1, -0.05) is 23.4 Å². The van der Waals surface area contributed by atoms with Gasteiger partial charge in [-0.3, -0.25) is 0 Å². The van der Waals surface area contributed by atoms with Gasteiger partial charge in [0.2, 0.25) is 5.82 Å². The average molecular weight is 348 g/mol. The number of anilines is 1. The van der Waals surface area contributed by atoms with E-state index < -0.39 is 0 Å². The van der Waals surface area contributed by atoms with Crippen molar-refractivity contribution in [2.45, 2.75) is 6.92 Å². The van der Waals surface area contributed by atoms with Crippen molar-refractivity contribution in [3.63, 3.8) is 0 Å². The number of hydrogen-bond acceptors (Lipinski definition) is 4. The van der Waals surface area contributed by atoms with Gasteiger partial charge in [0.1, 0.15) is 5.82 Å². The standard InChI is InChI=1S/C15H11BrFN3O/c1-8-5-6-9(7-12(8)17)14-19-15(21-20-14)10-3-2-4-11(16)13(10)18/h2-7H,18H2,1H3. The number of hydrogen-bond donors (Lipinski definition) is 1. The third-order valence-electron chi connectivity index (χ3n) is 3.14. The van der Waals surface area contributed by atoms with Crippen molar-refractivity contribution in [3.8, 4) is 22.8 Å². The first kappa shape index (κ1) is 13.8. The highest BCUT2D eigenvalue weighted by Gasteiger charge is 2.15. The third kappa shape index (κ3) is 2.54. The van der Waals surface area contributed by atoms with E-state index >= 15 is 0 Å². The molecular formula is C15H11BrFN3O. The zero-order valence-electron chi connectivity index (χ0n) is 11.1. The second kappa shape index (κ2) is 5.29. The number of nitrogen functional groups attached to an aromatic ring is 1. The second-order valence-corrected chi connectivity index (χ2v) is 5.44. The summed E-state index contributed by atoms with van der Waals surface area (Å²) < 4.78 is 19.6. The topological polar surface area (TPSA) is 64.9 Å². The normalized spacial score (nSPS) is 10.8. The highest BCUT2D eigenvalue weighted by atomic mass is 79.9. The Bertz CT molecular complexity index is 816. The summed E-state index contributed by atoms with van der Waals surface area (Å²) in [6, 6.07) is 10.2. The molecule has 0 fully saturated rings. The van der Waals surface area contributed by atoms with E-state index in [9.17, 15) is 4.39 Å². The van der Waals surface area contributed by atoms with Crippen LogP contribution >= 0.6 is 15.9 Å². The van der Waals surface area contributed by atoms with Crippen LogP contribution in [0.25, 0.3) is 22.8 Å². The maximum atomic E-state index is 13.6. The molecule has 0 atom stereocenters. The Kier molecular flexibility index (Phi) is 3.47. The molecule has 0 saturated heterocycles. The van der Waals surface area contributed by atoms with Crippen LogP contribution in [0.4, 0.5) is 10.1 Å². The molecule has 1 aromatic heterocycles. The zero-order valence-corrected chi connectivity index (χ0v) is 12.7. The minimum Gasteiger partial charge on any atom is -0.397 e. The molecule has 0 aliphatic carbocycles. The minimum absolute atomic E-state index is 0.296. The smallest absolute Gasteiger partial charge is 0.260 e. The van der Waals surface area contributed by atoms with Crippen LogP contribution in [0.5, 0.6) is 0 Å². The molecule has 0 bridgehead atoms. The molecule has 21 heavy (non-hydrogen) atoms. The SMILES string of the molecule is Cc1ccc(-c2noc(-c3cccc(Br)c3N)n2)cc1F. The summed E-state index contributed by atoms with van der Waals surface area (Å²) >= 11 is 3.35. The Balaban J connectivity index is 2.03. The summed E-state index contributed by atoms with van der Waals surface area (Å²) in [4.78, 5) is 4.28. The van der Waals surface area contributed by atoms with Crippen LogP contribution < -0.4 is 5.73 Å². The van der Waals surface area contributed by atoms with E-state index in [1.54, 1.807) is 25.1 Å². The van der Waals surface area contributed by atoms with Crippen LogP contribution in [-0.4, -0.2) is 10.1 Å². The number of nitrogens with zero attached hydrogens (tertiary/aromatic N) is 2. The minimum atomic E-state index is -0.305. The molecule has 0 aliphatic rings. The van der Waals surface area contributed by atoms with Crippen molar-refractivity contribution in [1.82, 2.24) is 10.1 Å². The van der Waals surface area contributed by atoms with Gasteiger partial charge in [0.15, 0.2) is 0 Å². The van der Waals surface area contributed by atoms with Crippen molar-refractivity contribution in [3.05, 3.63) is 52.3 Å². The van der Waals surface area contributed by atoms with Crippen molar-refractivity contribution in [2.75, 3.05) is 5.73 Å². The number of aryl methyl sites for hydroxylation is 1. The van der Waals surface area contributed by atoms with Gasteiger partial charge in [-0.05, 0) is 46.6 Å². The molecule has 0 spiro atoms. The van der Waals surface area contributed by atoms with Crippen LogP contribution in [-0.2, 0) is 0 Å². The summed E-state index contributed by atoms with van der Waals surface area (Å²) in [6.45, 7) is 1.70. The lowest BCUT2D eigenvalue weighted by Gasteiger charge is -2.01. The van der Waals surface area contributed by atoms with E-state index in [-0.39, 0.29) is 5.82 Å². The predicted molar refractivity (Wildman–Crippen MR) is 82.0 cm³/mol. The third-order valence-corrected chi connectivity index (χ3v) is 3.83. The number of halogens is 2. The van der Waals surface area contributed by atoms with E-state index in [0.29, 0.717) is 34.1 Å². The molecular weight excluding hydrogens is 337 g/mol. The van der Waals surface area contributed by atoms with Crippen LogP contribution in [0.15, 0.2) is 45.4 Å². The monoisotopic (exact) mass is 347 g/mol. The van der Waals surface area contributed by atoms with E-state index in [1.165, 1.54) is 6.07 Å². The molecule has 0 aliphatic heterocycles. The number of rotatable bonds is 2. The summed E-state index contributed by atoms with van der Waals surface area (Å²) in [5, 5.41) is 3.88. The molecule has 6 heteroatoms. The van der Waals surface area contributed by atoms with Crippen LogP contribution in [0.3, 0.4) is 0 Å². The molecule has 3 rings (SSSR count). The maximum absolute atomic E-state index is 13.6. The van der Waals surface area contributed by atoms with Crippen molar-refractivity contribution in [2.24, 2.45) is 0 Å². The predicted octanol–water partition coefficient (Wildman–Crippen LogP) is 4.20. The van der Waals surface area contributed by atoms with E-state index in [4.69, 9.17) is 10.3 Å². The lowest BCUT2D eigenvalue weighted by molar-refractivity contribution is 0.432. The second-order valence-electron chi connectivity index (χ2n) is 4.59. The molecule has 4 nitrogen and oxygen atoms in total. The first-order valence-corrected chi connectivity index (χ1v) is 7.00. The number of benzene rings is 2. The highest BCUT2D eigenvalue weighted by Crippen LogP contribution is 2.31. The Morgan fingerprint density at radius 1 is 1.24 bits per heavy atom. The van der Waals surface area contributed by atoms with Gasteiger partial charge in [-0.15, -0.1) is 0 Å². The first-order valence-electron chi connectivity index (χ1n) is 6.21. The fourth-order valence-electron chi connectivity index (χ4n) is 1.91. The van der Waals surface area contributed by atoms with Gasteiger partial charge < -0.3 is 10.3 Å². The van der Waals surface area contributed by atoms with Gasteiger partial charge in [0.25, 0.3) is 5.89 Å². The largest absolute Gasteiger partial charge is 0.397 e. The summed E-state index contributed by atoms with van der Waals surface area (Å²) in [6.07, 6.45) is 0. The van der Waals surface area contributed by atoms with Crippen molar-refractivity contribution in [1.29, 1.82) is 0 Å². The van der Waals surface area contributed by atoms with Gasteiger partial charge in [0.05, 0.1) is 11.3 Å². The van der Waals surface area contributed by atoms with Gasteiger partial charge >= 0.3 is 0 Å². The molecule has 0 radical (unpaired) electrons. The maximum Gasteiger partial charge on any atom is 0.260 e. The van der Waals surface area contributed by atoms with Crippen LogP contribution in [0.1, 0.15) is 5.56 Å². The van der Waals surface area contributed by atoms with E-state index in [1.807, 2.05) is 12.1 Å². The molecule has 2 N–H and O–H groups in total. The Labute approximate surface area is 128 Å². The highest BCUT2D eigenvalue weighted by molar-refractivity contribution is 9.10. The fraction of sp³-hybridized carbons (Fsp3) is 0.0667. The number of nitrogens with two attached hydrogens (primary N) is 1. The van der Waals surface area contributed by atoms with Crippen LogP contribution in [0, 0.1) is 12.7 Å². The van der Waals surface area contributed by atoms with E-state index in [0.717, 1.165) is 4.47 Å². The van der Waals surface area contributed by atoms with E-state index in [2.05, 4.69) is 26.1 Å². The summed E-state index contributed by atoms with van der Waals surface area (Å²) in [5.74, 6) is 0.314. The Morgan fingerprint density at radius 3 is 2.81 bits per heavy atom. The summed E-state index contributed by atoms with van der Waals surface area (Å²) in [7, 11) is 0. The molecule has 0 amide bonds. The lowest BCUT2D eigenvalue weighted by Crippen LogP contribution is -1.91. The molecule has 0 saturated carbocycles. The number of aromatic nitrogens is 2. The Hall–Kier alpha value is -2.21. The van der Waals surface area contributed by atoms with Gasteiger partial charge in [0, 0.05) is 10.0 Å². The molecule has 106 valence electrons. The summed E-state index contributed by atoms with van der Waals surface area (Å²) in [5.41, 5.74) is 8.25. The number of para-hydroxylation sites is 1. The zero-order chi connectivity index (χ0) is 15.0. The van der Waals surface area contributed by atoms with Crippen molar-refractivity contribution < 1.29 is 8.91 Å². The molecule has 0 unspecified atom stereocenters. The Morgan fingerprint density at radius 2 is 2.05 bits per heavy atom. The fourth-order valence-corrected chi connectivity index (χ4v) is 2.27.